The van der Waals surface area contributed by atoms with Gasteiger partial charge in [0.1, 0.15) is 0 Å². The smallest absolute Gasteiger partial charge is 0.423 e. The maximum atomic E-state index is 9.51. The van der Waals surface area contributed by atoms with Crippen molar-refractivity contribution in [1.29, 1.82) is 0 Å². The lowest BCUT2D eigenvalue weighted by Crippen LogP contribution is -2.30. The van der Waals surface area contributed by atoms with E-state index in [0.29, 0.717) is 11.4 Å². The Morgan fingerprint density at radius 2 is 1.85 bits per heavy atom. The van der Waals surface area contributed by atoms with Crippen LogP contribution in [0, 0.1) is 5.92 Å². The predicted molar refractivity (Wildman–Crippen MR) is 87.7 cm³/mol. The van der Waals surface area contributed by atoms with Crippen LogP contribution < -0.4 is 5.46 Å². The Morgan fingerprint density at radius 1 is 1.10 bits per heavy atom. The highest BCUT2D eigenvalue weighted by Crippen LogP contribution is 2.36. The maximum Gasteiger partial charge on any atom is 0.488 e. The molecule has 0 fully saturated rings. The average Bonchev–Trinajstić information content (AvgIpc) is 2.77. The lowest BCUT2D eigenvalue weighted by atomic mass is 9.78. The summed E-state index contributed by atoms with van der Waals surface area (Å²) >= 11 is 1.79. The fourth-order valence-electron chi connectivity index (χ4n) is 2.66. The first-order valence-corrected chi connectivity index (χ1v) is 7.68. The Morgan fingerprint density at radius 3 is 2.55 bits per heavy atom. The van der Waals surface area contributed by atoms with Gasteiger partial charge in [-0.1, -0.05) is 44.2 Å². The van der Waals surface area contributed by atoms with E-state index in [4.69, 9.17) is 0 Å². The molecule has 4 heteroatoms. The van der Waals surface area contributed by atoms with Gasteiger partial charge in [-0.15, -0.1) is 11.3 Å². The number of rotatable bonds is 3. The Bertz CT molecular complexity index is 762. The molecule has 20 heavy (non-hydrogen) atoms. The molecule has 2 aromatic carbocycles. The van der Waals surface area contributed by atoms with Gasteiger partial charge in [0.15, 0.2) is 0 Å². The standard InChI is InChI=1S/C16H17BO2S/c1-10(2)7-11-8-12(17(18)19)9-14-13-5-3-4-6-15(13)20-16(11)14/h3-6,8-10,18-19H,7H2,1-2H3. The topological polar surface area (TPSA) is 40.5 Å². The van der Waals surface area contributed by atoms with Crippen LogP contribution in [0.3, 0.4) is 0 Å². The van der Waals surface area contributed by atoms with Crippen LogP contribution in [-0.2, 0) is 6.42 Å². The predicted octanol–water partition coefficient (Wildman–Crippen LogP) is 2.93. The molecule has 0 aliphatic carbocycles. The zero-order valence-electron chi connectivity index (χ0n) is 11.6. The number of fused-ring (bicyclic) bond motifs is 3. The second-order valence-electron chi connectivity index (χ2n) is 5.63. The number of benzene rings is 2. The van der Waals surface area contributed by atoms with Gasteiger partial charge in [-0.2, -0.15) is 0 Å². The molecule has 0 radical (unpaired) electrons. The second-order valence-corrected chi connectivity index (χ2v) is 6.68. The monoisotopic (exact) mass is 284 g/mol. The molecule has 3 rings (SSSR count). The van der Waals surface area contributed by atoms with Gasteiger partial charge in [0.25, 0.3) is 0 Å². The molecular weight excluding hydrogens is 267 g/mol. The van der Waals surface area contributed by atoms with Gasteiger partial charge in [0.2, 0.25) is 0 Å². The van der Waals surface area contributed by atoms with Crippen molar-refractivity contribution in [2.75, 3.05) is 0 Å². The van der Waals surface area contributed by atoms with Crippen LogP contribution in [0.15, 0.2) is 36.4 Å². The number of thiophene rings is 1. The normalized spacial score (nSPS) is 11.7. The molecule has 0 spiro atoms. The molecule has 0 saturated heterocycles. The van der Waals surface area contributed by atoms with Crippen LogP contribution in [0.4, 0.5) is 0 Å². The Kier molecular flexibility index (Phi) is 3.54. The largest absolute Gasteiger partial charge is 0.488 e. The van der Waals surface area contributed by atoms with Gasteiger partial charge in [0.05, 0.1) is 0 Å². The summed E-state index contributed by atoms with van der Waals surface area (Å²) in [7, 11) is -1.41. The summed E-state index contributed by atoms with van der Waals surface area (Å²) < 4.78 is 2.52. The summed E-state index contributed by atoms with van der Waals surface area (Å²) in [5.41, 5.74) is 1.79. The van der Waals surface area contributed by atoms with E-state index in [1.807, 2.05) is 24.3 Å². The lowest BCUT2D eigenvalue weighted by Gasteiger charge is -2.09. The van der Waals surface area contributed by atoms with E-state index in [0.717, 1.165) is 11.8 Å². The minimum Gasteiger partial charge on any atom is -0.423 e. The second kappa shape index (κ2) is 5.21. The lowest BCUT2D eigenvalue weighted by molar-refractivity contribution is 0.426. The van der Waals surface area contributed by atoms with E-state index in [-0.39, 0.29) is 0 Å². The van der Waals surface area contributed by atoms with E-state index in [1.54, 1.807) is 11.3 Å². The van der Waals surface area contributed by atoms with E-state index >= 15 is 0 Å². The summed E-state index contributed by atoms with van der Waals surface area (Å²) in [6.07, 6.45) is 0.948. The molecule has 0 aliphatic heterocycles. The molecule has 0 unspecified atom stereocenters. The van der Waals surface area contributed by atoms with Gasteiger partial charge in [-0.3, -0.25) is 0 Å². The van der Waals surface area contributed by atoms with Crippen molar-refractivity contribution in [3.05, 3.63) is 42.0 Å². The van der Waals surface area contributed by atoms with Crippen molar-refractivity contribution in [1.82, 2.24) is 0 Å². The molecule has 2 nitrogen and oxygen atoms in total. The minimum absolute atomic E-state index is 0.537. The fraction of sp³-hybridized carbons (Fsp3) is 0.250. The number of hydrogen-bond donors (Lipinski definition) is 2. The highest BCUT2D eigenvalue weighted by molar-refractivity contribution is 7.26. The average molecular weight is 284 g/mol. The van der Waals surface area contributed by atoms with E-state index in [1.165, 1.54) is 20.3 Å². The van der Waals surface area contributed by atoms with Crippen molar-refractivity contribution in [3.63, 3.8) is 0 Å². The van der Waals surface area contributed by atoms with Crippen LogP contribution in [0.2, 0.25) is 0 Å². The molecule has 0 saturated carbocycles. The van der Waals surface area contributed by atoms with Crippen molar-refractivity contribution < 1.29 is 10.0 Å². The third-order valence-corrected chi connectivity index (χ3v) is 4.77. The quantitative estimate of drug-likeness (QED) is 0.726. The first-order chi connectivity index (χ1) is 9.56. The minimum atomic E-state index is -1.41. The Labute approximate surface area is 122 Å². The SMILES string of the molecule is CC(C)Cc1cc(B(O)O)cc2c1sc1ccccc12. The summed E-state index contributed by atoms with van der Waals surface area (Å²) in [4.78, 5) is 0. The van der Waals surface area contributed by atoms with Crippen LogP contribution in [-0.4, -0.2) is 17.2 Å². The van der Waals surface area contributed by atoms with Gasteiger partial charge < -0.3 is 10.0 Å². The van der Waals surface area contributed by atoms with Gasteiger partial charge >= 0.3 is 7.12 Å². The highest BCUT2D eigenvalue weighted by Gasteiger charge is 2.17. The van der Waals surface area contributed by atoms with Crippen molar-refractivity contribution in [2.24, 2.45) is 5.92 Å². The van der Waals surface area contributed by atoms with Crippen molar-refractivity contribution in [2.45, 2.75) is 20.3 Å². The first-order valence-electron chi connectivity index (χ1n) is 6.86. The van der Waals surface area contributed by atoms with Gasteiger partial charge in [-0.25, -0.2) is 0 Å². The van der Waals surface area contributed by atoms with Crippen molar-refractivity contribution >= 4 is 44.1 Å². The summed E-state index contributed by atoms with van der Waals surface area (Å²) in [6.45, 7) is 4.36. The van der Waals surface area contributed by atoms with Gasteiger partial charge in [0, 0.05) is 20.2 Å². The maximum absolute atomic E-state index is 9.51. The van der Waals surface area contributed by atoms with Crippen LogP contribution in [0.5, 0.6) is 0 Å². The molecule has 0 amide bonds. The molecule has 2 N–H and O–H groups in total. The molecule has 3 aromatic rings. The summed E-state index contributed by atoms with van der Waals surface area (Å²) in [5.74, 6) is 0.537. The van der Waals surface area contributed by atoms with Crippen LogP contribution >= 0.6 is 11.3 Å². The Balaban J connectivity index is 2.34. The molecular formula is C16H17BO2S. The van der Waals surface area contributed by atoms with E-state index in [9.17, 15) is 10.0 Å². The van der Waals surface area contributed by atoms with Crippen LogP contribution in [0.1, 0.15) is 19.4 Å². The summed E-state index contributed by atoms with van der Waals surface area (Å²) in [6, 6.07) is 12.1. The van der Waals surface area contributed by atoms with Crippen molar-refractivity contribution in [3.8, 4) is 0 Å². The third kappa shape index (κ3) is 2.35. The molecule has 0 atom stereocenters. The highest BCUT2D eigenvalue weighted by atomic mass is 32.1. The van der Waals surface area contributed by atoms with Crippen LogP contribution in [0.25, 0.3) is 20.2 Å². The molecule has 102 valence electrons. The summed E-state index contributed by atoms with van der Waals surface area (Å²) in [5, 5.41) is 21.3. The third-order valence-electron chi connectivity index (χ3n) is 3.50. The first kappa shape index (κ1) is 13.6. The van der Waals surface area contributed by atoms with Gasteiger partial charge in [-0.05, 0) is 29.4 Å². The molecule has 0 bridgehead atoms. The molecule has 1 aromatic heterocycles. The van der Waals surface area contributed by atoms with E-state index in [2.05, 4.69) is 26.0 Å². The van der Waals surface area contributed by atoms with E-state index < -0.39 is 7.12 Å². The number of hydrogen-bond acceptors (Lipinski definition) is 3. The Hall–Kier alpha value is -1.36. The molecule has 1 heterocycles. The molecule has 0 aliphatic rings. The zero-order chi connectivity index (χ0) is 14.3. The fourth-order valence-corrected chi connectivity index (χ4v) is 3.87. The zero-order valence-corrected chi connectivity index (χ0v) is 12.4.